The monoisotopic (exact) mass is 352 g/mol. The van der Waals surface area contributed by atoms with Gasteiger partial charge >= 0.3 is 0 Å². The molecule has 0 heterocycles. The third-order valence-corrected chi connectivity index (χ3v) is 6.58. The summed E-state index contributed by atoms with van der Waals surface area (Å²) in [4.78, 5) is 0. The van der Waals surface area contributed by atoms with E-state index >= 15 is 0 Å². The Balaban J connectivity index is 1.39. The van der Waals surface area contributed by atoms with Crippen LogP contribution in [0.5, 0.6) is 0 Å². The summed E-state index contributed by atoms with van der Waals surface area (Å²) in [5.74, 6) is 9.69. The zero-order valence-corrected chi connectivity index (χ0v) is 16.2. The molecule has 0 aliphatic heterocycles. The van der Waals surface area contributed by atoms with Crippen molar-refractivity contribution in [3.05, 3.63) is 47.8 Å². The summed E-state index contributed by atoms with van der Waals surface area (Å²) < 4.78 is 12.9. The average Bonchev–Trinajstić information content (AvgIpc) is 2.68. The van der Waals surface area contributed by atoms with Crippen molar-refractivity contribution in [2.75, 3.05) is 0 Å². The van der Waals surface area contributed by atoms with E-state index in [0.29, 0.717) is 5.92 Å². The van der Waals surface area contributed by atoms with Gasteiger partial charge in [0.05, 0.1) is 0 Å². The van der Waals surface area contributed by atoms with Crippen molar-refractivity contribution in [3.63, 3.8) is 0 Å². The Kier molecular flexibility index (Phi) is 7.36. The molecule has 0 nitrogen and oxygen atoms in total. The van der Waals surface area contributed by atoms with E-state index in [1.54, 1.807) is 12.1 Å². The highest BCUT2D eigenvalue weighted by Gasteiger charge is 2.29. The molecule has 3 rings (SSSR count). The number of hydrogen-bond donors (Lipinski definition) is 0. The van der Waals surface area contributed by atoms with Gasteiger partial charge in [-0.25, -0.2) is 4.39 Å². The lowest BCUT2D eigenvalue weighted by atomic mass is 9.69. The van der Waals surface area contributed by atoms with Gasteiger partial charge in [-0.1, -0.05) is 50.5 Å². The summed E-state index contributed by atoms with van der Waals surface area (Å²) in [6.07, 6.45) is 18.5. The lowest BCUT2D eigenvalue weighted by molar-refractivity contribution is 0.152. The van der Waals surface area contributed by atoms with Crippen LogP contribution >= 0.6 is 0 Å². The highest BCUT2D eigenvalue weighted by atomic mass is 19.1. The van der Waals surface area contributed by atoms with Gasteiger partial charge in [-0.2, -0.15) is 0 Å². The van der Waals surface area contributed by atoms with Crippen LogP contribution in [-0.4, -0.2) is 0 Å². The van der Waals surface area contributed by atoms with Gasteiger partial charge in [-0.15, -0.1) is 0 Å². The molecule has 0 bridgehead atoms. The average molecular weight is 353 g/mol. The second-order valence-corrected chi connectivity index (χ2v) is 8.38. The highest BCUT2D eigenvalue weighted by Crippen LogP contribution is 2.42. The molecule has 1 heteroatoms. The molecule has 0 N–H and O–H groups in total. The maximum atomic E-state index is 12.9. The molecular formula is C25H33F. The van der Waals surface area contributed by atoms with E-state index < -0.39 is 0 Å². The number of hydrogen-bond acceptors (Lipinski definition) is 0. The molecule has 0 aromatic heterocycles. The highest BCUT2D eigenvalue weighted by molar-refractivity contribution is 5.36. The number of rotatable bonds is 4. The molecule has 2 aliphatic rings. The smallest absolute Gasteiger partial charge is 0.123 e. The summed E-state index contributed by atoms with van der Waals surface area (Å²) >= 11 is 0. The van der Waals surface area contributed by atoms with Crippen molar-refractivity contribution in [1.29, 1.82) is 0 Å². The molecule has 0 saturated heterocycles. The van der Waals surface area contributed by atoms with E-state index in [9.17, 15) is 4.39 Å². The van der Waals surface area contributed by atoms with Crippen LogP contribution in [0.4, 0.5) is 4.39 Å². The second-order valence-electron chi connectivity index (χ2n) is 8.38. The SMILES string of the molecule is CCCC1CCC(C2CCC(C=CC#Cc3ccc(F)cc3)CC2)CC1. The molecule has 0 amide bonds. The van der Waals surface area contributed by atoms with Gasteiger partial charge in [-0.05, 0) is 92.5 Å². The van der Waals surface area contributed by atoms with Gasteiger partial charge in [0.2, 0.25) is 0 Å². The van der Waals surface area contributed by atoms with E-state index in [1.807, 2.05) is 6.08 Å². The molecule has 0 atom stereocenters. The predicted octanol–water partition coefficient (Wildman–Crippen LogP) is 7.15. The van der Waals surface area contributed by atoms with Crippen molar-refractivity contribution in [1.82, 2.24) is 0 Å². The first kappa shape index (κ1) is 19.2. The zero-order valence-electron chi connectivity index (χ0n) is 16.2. The van der Waals surface area contributed by atoms with Crippen molar-refractivity contribution in [2.45, 2.75) is 71.1 Å². The zero-order chi connectivity index (χ0) is 18.2. The summed E-state index contributed by atoms with van der Waals surface area (Å²) in [5, 5.41) is 0. The molecule has 0 spiro atoms. The van der Waals surface area contributed by atoms with E-state index in [0.717, 1.165) is 23.3 Å². The Hall–Kier alpha value is -1.55. The van der Waals surface area contributed by atoms with Crippen LogP contribution in [-0.2, 0) is 0 Å². The third kappa shape index (κ3) is 5.73. The molecule has 2 aliphatic carbocycles. The largest absolute Gasteiger partial charge is 0.207 e. The molecule has 0 radical (unpaired) electrons. The van der Waals surface area contributed by atoms with Crippen LogP contribution in [0.2, 0.25) is 0 Å². The predicted molar refractivity (Wildman–Crippen MR) is 108 cm³/mol. The normalized spacial score (nSPS) is 29.3. The lowest BCUT2D eigenvalue weighted by Gasteiger charge is -2.37. The minimum absolute atomic E-state index is 0.207. The van der Waals surface area contributed by atoms with Crippen molar-refractivity contribution < 1.29 is 4.39 Å². The number of allylic oxidation sites excluding steroid dienone is 2. The Morgan fingerprint density at radius 2 is 1.54 bits per heavy atom. The Morgan fingerprint density at radius 1 is 0.923 bits per heavy atom. The fraction of sp³-hybridized carbons (Fsp3) is 0.600. The summed E-state index contributed by atoms with van der Waals surface area (Å²) in [7, 11) is 0. The van der Waals surface area contributed by atoms with Gasteiger partial charge in [0.25, 0.3) is 0 Å². The Labute approximate surface area is 159 Å². The van der Waals surface area contributed by atoms with Gasteiger partial charge in [0, 0.05) is 5.56 Å². The number of benzene rings is 1. The maximum Gasteiger partial charge on any atom is 0.123 e. The minimum Gasteiger partial charge on any atom is -0.207 e. The topological polar surface area (TPSA) is 0 Å². The minimum atomic E-state index is -0.207. The van der Waals surface area contributed by atoms with Gasteiger partial charge in [0.15, 0.2) is 0 Å². The fourth-order valence-electron chi connectivity index (χ4n) is 5.01. The van der Waals surface area contributed by atoms with Crippen molar-refractivity contribution >= 4 is 0 Å². The molecule has 140 valence electrons. The Morgan fingerprint density at radius 3 is 2.15 bits per heavy atom. The van der Waals surface area contributed by atoms with Crippen LogP contribution in [0, 0.1) is 41.3 Å². The van der Waals surface area contributed by atoms with Crippen molar-refractivity contribution in [3.8, 4) is 11.8 Å². The molecule has 1 aromatic carbocycles. The fourth-order valence-corrected chi connectivity index (χ4v) is 5.01. The van der Waals surface area contributed by atoms with Gasteiger partial charge in [-0.3, -0.25) is 0 Å². The van der Waals surface area contributed by atoms with Crippen LogP contribution in [0.15, 0.2) is 36.4 Å². The Bertz CT molecular complexity index is 614. The molecule has 0 unspecified atom stereocenters. The van der Waals surface area contributed by atoms with Crippen molar-refractivity contribution in [2.24, 2.45) is 23.7 Å². The van der Waals surface area contributed by atoms with E-state index in [1.165, 1.54) is 76.3 Å². The van der Waals surface area contributed by atoms with E-state index in [-0.39, 0.29) is 5.82 Å². The van der Waals surface area contributed by atoms with Gasteiger partial charge in [0.1, 0.15) is 5.82 Å². The third-order valence-electron chi connectivity index (χ3n) is 6.58. The summed E-state index contributed by atoms with van der Waals surface area (Å²) in [6, 6.07) is 6.39. The summed E-state index contributed by atoms with van der Waals surface area (Å²) in [6.45, 7) is 2.32. The molecule has 2 fully saturated rings. The van der Waals surface area contributed by atoms with Gasteiger partial charge < -0.3 is 0 Å². The van der Waals surface area contributed by atoms with E-state index in [4.69, 9.17) is 0 Å². The first-order chi connectivity index (χ1) is 12.7. The molecule has 1 aromatic rings. The van der Waals surface area contributed by atoms with Crippen LogP contribution < -0.4 is 0 Å². The standard InChI is InChI=1S/C25H33F/c1-2-5-20-8-14-23(15-9-20)24-16-10-21(11-17-24)6-3-4-7-22-12-18-25(26)19-13-22/h3,6,12-13,18-21,23-24H,2,5,8-11,14-17H2,1H3. The molecule has 26 heavy (non-hydrogen) atoms. The number of halogens is 1. The first-order valence-corrected chi connectivity index (χ1v) is 10.7. The second kappa shape index (κ2) is 9.96. The first-order valence-electron chi connectivity index (χ1n) is 10.7. The van der Waals surface area contributed by atoms with Crippen LogP contribution in [0.1, 0.15) is 76.7 Å². The van der Waals surface area contributed by atoms with Crippen LogP contribution in [0.3, 0.4) is 0 Å². The summed E-state index contributed by atoms with van der Waals surface area (Å²) in [5.41, 5.74) is 0.874. The molecule has 2 saturated carbocycles. The molecular weight excluding hydrogens is 319 g/mol. The maximum absolute atomic E-state index is 12.9. The van der Waals surface area contributed by atoms with E-state index in [2.05, 4.69) is 24.8 Å². The van der Waals surface area contributed by atoms with Crippen LogP contribution in [0.25, 0.3) is 0 Å². The lowest BCUT2D eigenvalue weighted by Crippen LogP contribution is -2.25. The quantitative estimate of drug-likeness (QED) is 0.505.